The van der Waals surface area contributed by atoms with E-state index in [-0.39, 0.29) is 56.9 Å². The summed E-state index contributed by atoms with van der Waals surface area (Å²) in [5, 5.41) is 17.4. The molecule has 3 aliphatic heterocycles. The Hall–Kier alpha value is -9.23. The molecule has 1 saturated heterocycles. The summed E-state index contributed by atoms with van der Waals surface area (Å²) >= 11 is 1.40. The molecule has 21 nitrogen and oxygen atoms in total. The Kier molecular flexibility index (Phi) is 23.6. The first kappa shape index (κ1) is 66.7. The minimum atomic E-state index is -4.18. The molecule has 476 valence electrons. The number of likely N-dealkylation sites (tertiary alicyclic amines) is 1. The Bertz CT molecular complexity index is 3490. The lowest BCUT2D eigenvalue weighted by atomic mass is 9.90. The average Bonchev–Trinajstić information content (AvgIpc) is 1.55. The summed E-state index contributed by atoms with van der Waals surface area (Å²) in [6.07, 6.45) is 11.1. The first-order valence-electron chi connectivity index (χ1n) is 30.3. The molecule has 5 heterocycles. The number of nitrogens with zero attached hydrogens (tertiary/aromatic N) is 3. The summed E-state index contributed by atoms with van der Waals surface area (Å²) in [5.74, 6) is -4.44. The van der Waals surface area contributed by atoms with Gasteiger partial charge in [-0.1, -0.05) is 86.7 Å². The molecule has 8 amide bonds. The Balaban J connectivity index is 0.686. The van der Waals surface area contributed by atoms with Crippen LogP contribution in [0.25, 0.3) is 18.2 Å². The number of halogens is 2. The van der Waals surface area contributed by atoms with Crippen molar-refractivity contribution in [2.24, 2.45) is 17.4 Å². The van der Waals surface area contributed by atoms with E-state index in [1.807, 2.05) is 53.9 Å². The summed E-state index contributed by atoms with van der Waals surface area (Å²) in [5.41, 5.74) is 15.7. The highest BCUT2D eigenvalue weighted by molar-refractivity contribution is 7.12. The van der Waals surface area contributed by atoms with E-state index in [2.05, 4.69) is 55.0 Å². The molecule has 90 heavy (non-hydrogen) atoms. The molecule has 8 rings (SSSR count). The van der Waals surface area contributed by atoms with Crippen molar-refractivity contribution in [3.63, 3.8) is 0 Å². The van der Waals surface area contributed by atoms with Gasteiger partial charge in [0.15, 0.2) is 18.0 Å². The number of piperidine rings is 1. The largest absolute Gasteiger partial charge is 0.737 e. The number of carbonyl (C=O) groups excluding carboxylic acids is 8. The SMILES string of the molecule is CC(C)[C@H](NC(=O)CCN1CCC(Oc2ccccc2Cc2ccccc2)CC1)C(=O)N[C@@H](C)C(=O)N[C@@H](CC(N)=O)C(=O)NCCC(=O)N[C@@H](CCCCNC(=O)COc1ccc(/C=C/c2ccc3n2[B-](F)(F)[N+]2=C(c4cccs4)C=CC2=C3)cc1)C(N)=O. The molecule has 25 heteroatoms. The van der Waals surface area contributed by atoms with Gasteiger partial charge in [-0.05, 0) is 109 Å². The van der Waals surface area contributed by atoms with E-state index in [0.29, 0.717) is 47.9 Å². The zero-order valence-corrected chi connectivity index (χ0v) is 51.5. The van der Waals surface area contributed by atoms with E-state index < -0.39 is 78.9 Å². The average molecular weight is 1250 g/mol. The first-order chi connectivity index (χ1) is 43.2. The van der Waals surface area contributed by atoms with E-state index in [0.717, 1.165) is 63.1 Å². The van der Waals surface area contributed by atoms with E-state index in [1.165, 1.54) is 23.8 Å². The number of amides is 8. The van der Waals surface area contributed by atoms with Gasteiger partial charge in [0.1, 0.15) is 41.8 Å². The standard InChI is InChI=1S/C65H78BF2N11O10S/c1-42(2)61(76-59(82)31-36-77-34-29-51(30-35-77)89-55-16-8-7-14-46(55)38-45-12-5-4-6-13-45)65(87)73-43(3)63(85)75-53(40-57(69)80)64(86)72-33-28-58(81)74-52(62(70)84)15-9-10-32-71-60(83)41-88-50-25-19-44(20-26-50)18-21-47-22-23-48-39-49-24-27-54(56-17-11-37-90-56)79(49)66(67,68)78(47)48/h4-8,11-14,16-27,37,39,42-43,51-53,61H,9-10,15,28-36,38,40-41H2,1-3H3,(H2,69,80)(H2,70,84)(H,71,83)(H,72,86)(H,73,87)(H,74,81)(H,75,85)(H,76,82)/b21-18+/t43-,52-,53-,61-/m0/s1. The highest BCUT2D eigenvalue weighted by atomic mass is 32.1. The number of hydrogen-bond acceptors (Lipinski definition) is 12. The van der Waals surface area contributed by atoms with Gasteiger partial charge in [-0.2, -0.15) is 0 Å². The quantitative estimate of drug-likeness (QED) is 0.0209. The van der Waals surface area contributed by atoms with E-state index >= 15 is 8.63 Å². The van der Waals surface area contributed by atoms with Gasteiger partial charge in [0.05, 0.1) is 11.3 Å². The lowest BCUT2D eigenvalue weighted by molar-refractivity contribution is -0.360. The van der Waals surface area contributed by atoms with Crippen LogP contribution in [0.3, 0.4) is 0 Å². The number of unbranched alkanes of at least 4 members (excludes halogenated alkanes) is 1. The number of nitrogens with two attached hydrogens (primary N) is 2. The van der Waals surface area contributed by atoms with Crippen molar-refractivity contribution >= 4 is 89.5 Å². The molecule has 2 aromatic heterocycles. The molecule has 3 aliphatic rings. The number of rotatable bonds is 32. The van der Waals surface area contributed by atoms with Crippen molar-refractivity contribution in [3.8, 4) is 11.5 Å². The maximum absolute atomic E-state index is 16.2. The van der Waals surface area contributed by atoms with Crippen LogP contribution in [0.15, 0.2) is 126 Å². The maximum Gasteiger partial charge on any atom is 0.737 e. The Morgan fingerprint density at radius 3 is 2.18 bits per heavy atom. The smallest absolute Gasteiger partial charge is 0.490 e. The number of fused-ring (bicyclic) bond motifs is 2. The Labute approximate surface area is 525 Å². The zero-order chi connectivity index (χ0) is 64.3. The van der Waals surface area contributed by atoms with Crippen LogP contribution in [0.4, 0.5) is 8.63 Å². The van der Waals surface area contributed by atoms with Crippen molar-refractivity contribution in [2.45, 2.75) is 109 Å². The summed E-state index contributed by atoms with van der Waals surface area (Å²) in [6, 6.07) is 27.3. The van der Waals surface area contributed by atoms with Crippen LogP contribution in [0.2, 0.25) is 0 Å². The van der Waals surface area contributed by atoms with Crippen molar-refractivity contribution in [1.82, 2.24) is 41.3 Å². The maximum atomic E-state index is 16.2. The van der Waals surface area contributed by atoms with Crippen molar-refractivity contribution < 1.29 is 60.9 Å². The third kappa shape index (κ3) is 18.7. The lowest BCUT2D eigenvalue weighted by Crippen LogP contribution is -2.57. The number of thiophene rings is 1. The Morgan fingerprint density at radius 1 is 0.733 bits per heavy atom. The molecule has 1 fully saturated rings. The molecule has 4 atom stereocenters. The predicted octanol–water partition coefficient (Wildman–Crippen LogP) is 5.04. The third-order valence-electron chi connectivity index (χ3n) is 15.6. The van der Waals surface area contributed by atoms with Gasteiger partial charge in [0.2, 0.25) is 41.4 Å². The summed E-state index contributed by atoms with van der Waals surface area (Å²) in [6.45, 7) is 2.33. The highest BCUT2D eigenvalue weighted by Crippen LogP contribution is 2.35. The van der Waals surface area contributed by atoms with Crippen LogP contribution >= 0.6 is 11.3 Å². The van der Waals surface area contributed by atoms with Crippen LogP contribution in [0.5, 0.6) is 11.5 Å². The van der Waals surface area contributed by atoms with Crippen LogP contribution in [0.1, 0.15) is 105 Å². The van der Waals surface area contributed by atoms with Crippen molar-refractivity contribution in [1.29, 1.82) is 0 Å². The number of allylic oxidation sites excluding steroid dienone is 2. The number of ether oxygens (including phenoxy) is 2. The minimum Gasteiger partial charge on any atom is -0.490 e. The summed E-state index contributed by atoms with van der Waals surface area (Å²) in [7, 11) is 0. The molecule has 10 N–H and O–H groups in total. The van der Waals surface area contributed by atoms with Crippen LogP contribution < -0.4 is 52.8 Å². The molecule has 0 bridgehead atoms. The lowest BCUT2D eigenvalue weighted by Gasteiger charge is -2.32. The summed E-state index contributed by atoms with van der Waals surface area (Å²) in [4.78, 5) is 106. The third-order valence-corrected chi connectivity index (χ3v) is 16.5. The van der Waals surface area contributed by atoms with E-state index in [4.69, 9.17) is 20.9 Å². The number of hydrogen-bond donors (Lipinski definition) is 8. The fourth-order valence-electron chi connectivity index (χ4n) is 10.8. The molecular formula is C65H78BF2N11O10S. The van der Waals surface area contributed by atoms with Gasteiger partial charge >= 0.3 is 6.97 Å². The fourth-order valence-corrected chi connectivity index (χ4v) is 11.5. The molecule has 0 unspecified atom stereocenters. The van der Waals surface area contributed by atoms with Crippen molar-refractivity contribution in [3.05, 3.63) is 159 Å². The number of primary amides is 2. The van der Waals surface area contributed by atoms with Crippen LogP contribution in [-0.4, -0.2) is 143 Å². The molecular weight excluding hydrogens is 1180 g/mol. The number of aromatic nitrogens is 1. The van der Waals surface area contributed by atoms with Crippen molar-refractivity contribution in [2.75, 3.05) is 39.3 Å². The zero-order valence-electron chi connectivity index (χ0n) is 50.7. The second-order valence-electron chi connectivity index (χ2n) is 22.8. The van der Waals surface area contributed by atoms with Gasteiger partial charge in [-0.25, -0.2) is 0 Å². The van der Waals surface area contributed by atoms with Gasteiger partial charge in [-0.15, -0.1) is 11.3 Å². The molecule has 0 spiro atoms. The Morgan fingerprint density at radius 2 is 1.47 bits per heavy atom. The molecule has 0 radical (unpaired) electrons. The van der Waals surface area contributed by atoms with Crippen LogP contribution in [0, 0.1) is 5.92 Å². The number of carbonyl (C=O) groups is 8. The molecule has 0 saturated carbocycles. The molecule has 5 aromatic rings. The normalized spacial score (nSPS) is 15.8. The van der Waals surface area contributed by atoms with Crippen LogP contribution in [-0.2, 0) is 44.8 Å². The van der Waals surface area contributed by atoms with Gasteiger partial charge < -0.3 is 75.3 Å². The first-order valence-corrected chi connectivity index (χ1v) is 31.2. The predicted molar refractivity (Wildman–Crippen MR) is 341 cm³/mol. The van der Waals surface area contributed by atoms with E-state index in [1.54, 1.807) is 80.6 Å². The van der Waals surface area contributed by atoms with Gasteiger partial charge in [0, 0.05) is 81.6 Å². The highest BCUT2D eigenvalue weighted by Gasteiger charge is 2.52. The fraction of sp³-hybridized carbons (Fsp3) is 0.369. The van der Waals surface area contributed by atoms with Gasteiger partial charge in [-0.3, -0.25) is 38.4 Å². The van der Waals surface area contributed by atoms with Gasteiger partial charge in [0.25, 0.3) is 5.91 Å². The van der Waals surface area contributed by atoms with E-state index in [9.17, 15) is 38.4 Å². The monoisotopic (exact) mass is 1250 g/mol. The summed E-state index contributed by atoms with van der Waals surface area (Å²) < 4.78 is 46.7. The molecule has 0 aliphatic carbocycles. The topological polar surface area (TPSA) is 290 Å². The minimum absolute atomic E-state index is 0.0345. The second kappa shape index (κ2) is 31.8. The number of benzene rings is 3. The number of para-hydroxylation sites is 1. The number of nitrogens with one attached hydrogen (secondary N) is 6. The molecule has 3 aromatic carbocycles. The second-order valence-corrected chi connectivity index (χ2v) is 23.8.